The Morgan fingerprint density at radius 1 is 1.05 bits per heavy atom. The molecule has 7 nitrogen and oxygen atoms in total. The van der Waals surface area contributed by atoms with Crippen LogP contribution in [0.1, 0.15) is 29.4 Å². The molecule has 9 heteroatoms. The molecule has 0 bridgehead atoms. The second-order valence-corrected chi connectivity index (χ2v) is 10.0. The number of hydrogen-bond acceptors (Lipinski definition) is 7. The van der Waals surface area contributed by atoms with Gasteiger partial charge in [0.1, 0.15) is 6.61 Å². The Morgan fingerprint density at radius 3 is 2.59 bits per heavy atom. The van der Waals surface area contributed by atoms with E-state index in [1.54, 1.807) is 6.21 Å². The van der Waals surface area contributed by atoms with Gasteiger partial charge in [-0.05, 0) is 76.8 Å². The highest BCUT2D eigenvalue weighted by Crippen LogP contribution is 2.37. The summed E-state index contributed by atoms with van der Waals surface area (Å²) in [5, 5.41) is 6.98. The summed E-state index contributed by atoms with van der Waals surface area (Å²) >= 11 is 4.87. The molecule has 0 spiro atoms. The van der Waals surface area contributed by atoms with E-state index >= 15 is 0 Å². The Kier molecular flexibility index (Phi) is 9.14. The van der Waals surface area contributed by atoms with E-state index in [0.29, 0.717) is 29.9 Å². The highest BCUT2D eigenvalue weighted by Gasteiger charge is 2.13. The van der Waals surface area contributed by atoms with Gasteiger partial charge in [-0.25, -0.2) is 15.4 Å². The minimum absolute atomic E-state index is 0.162. The Morgan fingerprint density at radius 2 is 1.81 bits per heavy atom. The van der Waals surface area contributed by atoms with Crippen molar-refractivity contribution >= 4 is 50.6 Å². The van der Waals surface area contributed by atoms with E-state index in [9.17, 15) is 4.79 Å². The lowest BCUT2D eigenvalue weighted by Gasteiger charge is -2.15. The van der Waals surface area contributed by atoms with Crippen LogP contribution < -0.4 is 14.9 Å². The first-order valence-electron chi connectivity index (χ1n) is 11.8. The van der Waals surface area contributed by atoms with Crippen molar-refractivity contribution < 1.29 is 14.3 Å². The number of fused-ring (bicyclic) bond motifs is 1. The maximum Gasteiger partial charge on any atom is 0.250 e. The van der Waals surface area contributed by atoms with Gasteiger partial charge in [-0.2, -0.15) is 5.10 Å². The molecular formula is C28H27BrN4O3S. The molecule has 0 aliphatic heterocycles. The molecule has 0 aliphatic rings. The first-order chi connectivity index (χ1) is 17.9. The number of carbonyl (C=O) groups excluding carboxylic acids is 1. The average Bonchev–Trinajstić information content (AvgIpc) is 2.87. The van der Waals surface area contributed by atoms with E-state index in [1.807, 2.05) is 57.2 Å². The van der Waals surface area contributed by atoms with E-state index in [1.165, 1.54) is 17.1 Å². The smallest absolute Gasteiger partial charge is 0.250 e. The first-order valence-corrected chi connectivity index (χ1v) is 13.5. The number of ether oxygens (including phenoxy) is 2. The molecule has 1 N–H and O–H groups in total. The van der Waals surface area contributed by atoms with E-state index in [-0.39, 0.29) is 11.7 Å². The fourth-order valence-electron chi connectivity index (χ4n) is 3.73. The number of amides is 1. The zero-order valence-corrected chi connectivity index (χ0v) is 23.2. The van der Waals surface area contributed by atoms with Crippen LogP contribution in [0.5, 0.6) is 11.5 Å². The molecule has 0 aliphatic carbocycles. The number of rotatable bonds is 10. The van der Waals surface area contributed by atoms with Gasteiger partial charge in [0.05, 0.1) is 23.0 Å². The summed E-state index contributed by atoms with van der Waals surface area (Å²) in [6.45, 7) is 6.59. The third-order valence-electron chi connectivity index (χ3n) is 5.28. The Hall–Kier alpha value is -3.43. The van der Waals surface area contributed by atoms with Gasteiger partial charge in [0, 0.05) is 11.4 Å². The number of benzene rings is 3. The van der Waals surface area contributed by atoms with Crippen LogP contribution in [0.2, 0.25) is 0 Å². The predicted molar refractivity (Wildman–Crippen MR) is 152 cm³/mol. The molecule has 37 heavy (non-hydrogen) atoms. The largest absolute Gasteiger partial charge is 0.490 e. The van der Waals surface area contributed by atoms with Crippen LogP contribution in [0.25, 0.3) is 10.8 Å². The number of nitrogens with one attached hydrogen (secondary N) is 1. The number of thioether (sulfide) groups is 1. The van der Waals surface area contributed by atoms with E-state index < -0.39 is 0 Å². The molecule has 190 valence electrons. The first kappa shape index (κ1) is 26.6. The number of carbonyl (C=O) groups is 1. The third-order valence-corrected chi connectivity index (χ3v) is 6.72. The van der Waals surface area contributed by atoms with E-state index in [0.717, 1.165) is 32.4 Å². The van der Waals surface area contributed by atoms with Crippen molar-refractivity contribution in [3.63, 3.8) is 0 Å². The van der Waals surface area contributed by atoms with Crippen molar-refractivity contribution in [1.82, 2.24) is 15.4 Å². The third kappa shape index (κ3) is 7.30. The van der Waals surface area contributed by atoms with Gasteiger partial charge in [0.15, 0.2) is 16.7 Å². The Bertz CT molecular complexity index is 1420. The molecule has 1 aromatic heterocycles. The van der Waals surface area contributed by atoms with Gasteiger partial charge >= 0.3 is 0 Å². The van der Waals surface area contributed by atoms with Crippen molar-refractivity contribution in [2.45, 2.75) is 32.5 Å². The number of nitrogens with zero attached hydrogens (tertiary/aromatic N) is 3. The minimum atomic E-state index is -0.247. The van der Waals surface area contributed by atoms with Gasteiger partial charge in [0.25, 0.3) is 5.91 Å². The molecular weight excluding hydrogens is 552 g/mol. The van der Waals surface area contributed by atoms with Crippen molar-refractivity contribution in [3.8, 4) is 11.5 Å². The highest BCUT2D eigenvalue weighted by molar-refractivity contribution is 9.10. The maximum atomic E-state index is 12.2. The summed E-state index contributed by atoms with van der Waals surface area (Å²) in [6, 6.07) is 20.0. The summed E-state index contributed by atoms with van der Waals surface area (Å²) in [5.74, 6) is 1.12. The van der Waals surface area contributed by atoms with Crippen LogP contribution in [-0.4, -0.2) is 34.4 Å². The van der Waals surface area contributed by atoms with Gasteiger partial charge in [-0.3, -0.25) is 4.79 Å². The molecule has 0 saturated heterocycles. The van der Waals surface area contributed by atoms with Crippen LogP contribution in [-0.2, 0) is 11.4 Å². The van der Waals surface area contributed by atoms with Gasteiger partial charge < -0.3 is 9.47 Å². The van der Waals surface area contributed by atoms with Crippen LogP contribution >= 0.6 is 27.7 Å². The van der Waals surface area contributed by atoms with Crippen LogP contribution in [0.4, 0.5) is 0 Å². The molecule has 0 fully saturated rings. The van der Waals surface area contributed by atoms with Gasteiger partial charge in [-0.1, -0.05) is 54.2 Å². The predicted octanol–water partition coefficient (Wildman–Crippen LogP) is 6.23. The zero-order chi connectivity index (χ0) is 26.2. The standard InChI is InChI=1S/C28H27BrN4O3S/c1-4-35-25-14-20(15-30-33-26(34)17-37-28-31-18(2)12-19(3)32-28)13-24(29)27(25)36-16-22-10-7-9-21-8-5-6-11-23(21)22/h5-15H,4,16-17H2,1-3H3,(H,33,34)/b30-15-. The van der Waals surface area contributed by atoms with Gasteiger partial charge in [-0.15, -0.1) is 0 Å². The number of aromatic nitrogens is 2. The molecule has 1 amide bonds. The normalized spacial score (nSPS) is 11.1. The summed E-state index contributed by atoms with van der Waals surface area (Å²) in [7, 11) is 0. The second-order valence-electron chi connectivity index (χ2n) is 8.21. The Labute approximate surface area is 228 Å². The van der Waals surface area contributed by atoms with Crippen molar-refractivity contribution in [2.24, 2.45) is 5.10 Å². The number of aryl methyl sites for hydroxylation is 2. The van der Waals surface area contributed by atoms with E-state index in [4.69, 9.17) is 9.47 Å². The minimum Gasteiger partial charge on any atom is -0.490 e. The summed E-state index contributed by atoms with van der Waals surface area (Å²) in [6.07, 6.45) is 1.57. The molecule has 0 atom stereocenters. The topological polar surface area (TPSA) is 85.7 Å². The molecule has 0 saturated carbocycles. The monoisotopic (exact) mass is 578 g/mol. The van der Waals surface area contributed by atoms with Gasteiger partial charge in [0.2, 0.25) is 0 Å². The molecule has 1 heterocycles. The molecule has 4 rings (SSSR count). The van der Waals surface area contributed by atoms with Crippen molar-refractivity contribution in [3.05, 3.63) is 87.7 Å². The fraction of sp³-hybridized carbons (Fsp3) is 0.214. The maximum absolute atomic E-state index is 12.2. The van der Waals surface area contributed by atoms with E-state index in [2.05, 4.69) is 60.7 Å². The van der Waals surface area contributed by atoms with Crippen LogP contribution in [0.15, 0.2) is 75.4 Å². The second kappa shape index (κ2) is 12.7. The summed E-state index contributed by atoms with van der Waals surface area (Å²) in [5.41, 5.74) is 6.12. The SMILES string of the molecule is CCOc1cc(/C=N\NC(=O)CSc2nc(C)cc(C)n2)cc(Br)c1OCc1cccc2ccccc12. The number of hydrogen-bond donors (Lipinski definition) is 1. The zero-order valence-electron chi connectivity index (χ0n) is 20.8. The summed E-state index contributed by atoms with van der Waals surface area (Å²) < 4.78 is 12.8. The Balaban J connectivity index is 1.41. The lowest BCUT2D eigenvalue weighted by atomic mass is 10.1. The molecule has 4 aromatic rings. The summed E-state index contributed by atoms with van der Waals surface area (Å²) in [4.78, 5) is 20.9. The molecule has 3 aromatic carbocycles. The average molecular weight is 580 g/mol. The lowest BCUT2D eigenvalue weighted by Crippen LogP contribution is -2.19. The van der Waals surface area contributed by atoms with Crippen LogP contribution in [0, 0.1) is 13.8 Å². The fourth-order valence-corrected chi connectivity index (χ4v) is 5.05. The quantitative estimate of drug-likeness (QED) is 0.104. The van der Waals surface area contributed by atoms with Crippen LogP contribution in [0.3, 0.4) is 0 Å². The number of halogens is 1. The molecule has 0 radical (unpaired) electrons. The lowest BCUT2D eigenvalue weighted by molar-refractivity contribution is -0.118. The molecule has 0 unspecified atom stereocenters. The highest BCUT2D eigenvalue weighted by atomic mass is 79.9. The van der Waals surface area contributed by atoms with Crippen molar-refractivity contribution in [1.29, 1.82) is 0 Å². The van der Waals surface area contributed by atoms with Crippen molar-refractivity contribution in [2.75, 3.05) is 12.4 Å². The number of hydrazone groups is 1.